The topological polar surface area (TPSA) is 91.0 Å². The highest BCUT2D eigenvalue weighted by Gasteiger charge is 2.54. The molecule has 1 spiro atoms. The zero-order valence-electron chi connectivity index (χ0n) is 17.8. The Morgan fingerprint density at radius 1 is 1.16 bits per heavy atom. The van der Waals surface area contributed by atoms with Gasteiger partial charge in [0.1, 0.15) is 17.3 Å². The van der Waals surface area contributed by atoms with Crippen molar-refractivity contribution < 1.29 is 27.9 Å². The first-order valence-corrected chi connectivity index (χ1v) is 10.3. The lowest BCUT2D eigenvalue weighted by Crippen LogP contribution is -2.73. The third-order valence-corrected chi connectivity index (χ3v) is 5.67. The van der Waals surface area contributed by atoms with E-state index in [4.69, 9.17) is 4.74 Å². The van der Waals surface area contributed by atoms with Gasteiger partial charge in [-0.05, 0) is 39.3 Å². The molecule has 0 saturated carbocycles. The minimum absolute atomic E-state index is 0.116. The molecule has 3 fully saturated rings. The number of anilines is 2. The molecule has 0 aliphatic carbocycles. The second-order valence-electron chi connectivity index (χ2n) is 9.63. The van der Waals surface area contributed by atoms with Crippen LogP contribution >= 0.6 is 0 Å². The average molecular weight is 436 g/mol. The molecule has 2 N–H and O–H groups in total. The molecular weight excluding hydrogens is 410 g/mol. The molecule has 8 nitrogen and oxygen atoms in total. The molecule has 168 valence electrons. The van der Waals surface area contributed by atoms with Crippen LogP contribution in [0.5, 0.6) is 0 Å². The second-order valence-corrected chi connectivity index (χ2v) is 9.63. The Kier molecular flexibility index (Phi) is 5.06. The van der Waals surface area contributed by atoms with Crippen LogP contribution in [0.4, 0.5) is 25.0 Å². The summed E-state index contributed by atoms with van der Waals surface area (Å²) in [4.78, 5) is 38.4. The number of likely N-dealkylation sites (tertiary alicyclic amines) is 1. The number of imide groups is 1. The molecule has 3 heterocycles. The van der Waals surface area contributed by atoms with Crippen LogP contribution in [0.3, 0.4) is 0 Å². The van der Waals surface area contributed by atoms with Crippen LogP contribution < -0.4 is 15.5 Å². The van der Waals surface area contributed by atoms with E-state index in [1.807, 2.05) is 0 Å². The second kappa shape index (κ2) is 7.35. The van der Waals surface area contributed by atoms with Gasteiger partial charge in [0.25, 0.3) is 0 Å². The van der Waals surface area contributed by atoms with Crippen LogP contribution in [-0.2, 0) is 14.3 Å². The van der Waals surface area contributed by atoms with Crippen molar-refractivity contribution in [1.82, 2.24) is 10.2 Å². The first-order valence-electron chi connectivity index (χ1n) is 10.3. The normalized spacial score (nSPS) is 22.5. The van der Waals surface area contributed by atoms with Crippen LogP contribution in [-0.4, -0.2) is 60.6 Å². The van der Waals surface area contributed by atoms with Crippen LogP contribution in [0.15, 0.2) is 12.1 Å². The molecule has 3 aliphatic heterocycles. The summed E-state index contributed by atoms with van der Waals surface area (Å²) in [5.41, 5.74) is -0.709. The van der Waals surface area contributed by atoms with Crippen LogP contribution in [0, 0.1) is 17.0 Å². The van der Waals surface area contributed by atoms with Gasteiger partial charge in [-0.1, -0.05) is 0 Å². The van der Waals surface area contributed by atoms with Gasteiger partial charge in [0.2, 0.25) is 11.8 Å². The Labute approximate surface area is 178 Å². The summed E-state index contributed by atoms with van der Waals surface area (Å²) < 4.78 is 34.7. The van der Waals surface area contributed by atoms with Gasteiger partial charge < -0.3 is 19.9 Å². The Morgan fingerprint density at radius 3 is 2.32 bits per heavy atom. The third-order valence-electron chi connectivity index (χ3n) is 5.67. The van der Waals surface area contributed by atoms with Gasteiger partial charge in [0.15, 0.2) is 11.6 Å². The predicted octanol–water partition coefficient (Wildman–Crippen LogP) is 2.24. The summed E-state index contributed by atoms with van der Waals surface area (Å²) in [5.74, 6) is -2.32. The van der Waals surface area contributed by atoms with Crippen molar-refractivity contribution in [2.24, 2.45) is 5.41 Å². The summed E-state index contributed by atoms with van der Waals surface area (Å²) >= 11 is 0. The fourth-order valence-electron chi connectivity index (χ4n) is 4.32. The molecule has 3 aliphatic rings. The maximum atomic E-state index is 14.7. The molecule has 1 aromatic carbocycles. The summed E-state index contributed by atoms with van der Waals surface area (Å²) in [6.45, 7) is 7.29. The van der Waals surface area contributed by atoms with E-state index >= 15 is 0 Å². The van der Waals surface area contributed by atoms with E-state index in [-0.39, 0.29) is 41.6 Å². The number of ether oxygens (including phenoxy) is 1. The Bertz CT molecular complexity index is 909. The predicted molar refractivity (Wildman–Crippen MR) is 109 cm³/mol. The number of rotatable bonds is 3. The fourth-order valence-corrected chi connectivity index (χ4v) is 4.32. The Hall–Kier alpha value is -2.91. The lowest BCUT2D eigenvalue weighted by atomic mass is 9.72. The van der Waals surface area contributed by atoms with Crippen molar-refractivity contribution in [2.75, 3.05) is 36.4 Å². The van der Waals surface area contributed by atoms with Gasteiger partial charge in [0.05, 0.1) is 0 Å². The lowest BCUT2D eigenvalue weighted by Gasteiger charge is -2.60. The molecule has 1 aromatic rings. The van der Waals surface area contributed by atoms with Gasteiger partial charge in [0, 0.05) is 43.7 Å². The van der Waals surface area contributed by atoms with Crippen LogP contribution in [0.2, 0.25) is 0 Å². The molecule has 10 heteroatoms. The van der Waals surface area contributed by atoms with E-state index in [2.05, 4.69) is 10.6 Å². The maximum Gasteiger partial charge on any atom is 0.410 e. The van der Waals surface area contributed by atoms with E-state index in [0.29, 0.717) is 26.2 Å². The number of benzene rings is 1. The summed E-state index contributed by atoms with van der Waals surface area (Å²) in [7, 11) is 0. The minimum Gasteiger partial charge on any atom is -0.444 e. The highest BCUT2D eigenvalue weighted by atomic mass is 19.1. The van der Waals surface area contributed by atoms with Gasteiger partial charge in [-0.15, -0.1) is 0 Å². The van der Waals surface area contributed by atoms with Crippen molar-refractivity contribution in [1.29, 1.82) is 0 Å². The number of halogens is 2. The summed E-state index contributed by atoms with van der Waals surface area (Å²) in [6.07, 6.45) is 0.0546. The Balaban J connectivity index is 1.35. The standard InChI is InChI=1S/C21H26F2N4O4/c1-20(2,3)31-19(30)27-10-21(11-27)8-26(9-21)17-13(22)6-12(7-14(17)23)24-15-4-5-16(28)25-18(15)29/h6-7,15,24H,4-5,8-11H2,1-3H3,(H,25,28,29). The van der Waals surface area contributed by atoms with E-state index in [9.17, 15) is 23.2 Å². The molecule has 3 saturated heterocycles. The fraction of sp³-hybridized carbons (Fsp3) is 0.571. The molecule has 4 rings (SSSR count). The van der Waals surface area contributed by atoms with Crippen molar-refractivity contribution in [3.8, 4) is 0 Å². The monoisotopic (exact) mass is 436 g/mol. The number of amides is 3. The van der Waals surface area contributed by atoms with Crippen LogP contribution in [0.1, 0.15) is 33.6 Å². The number of carbonyl (C=O) groups is 3. The quantitative estimate of drug-likeness (QED) is 0.707. The summed E-state index contributed by atoms with van der Waals surface area (Å²) in [5, 5.41) is 4.99. The molecule has 0 radical (unpaired) electrons. The molecule has 1 unspecified atom stereocenters. The number of nitrogens with zero attached hydrogens (tertiary/aromatic N) is 2. The molecule has 31 heavy (non-hydrogen) atoms. The summed E-state index contributed by atoms with van der Waals surface area (Å²) in [6, 6.07) is 1.59. The molecular formula is C21H26F2N4O4. The highest BCUT2D eigenvalue weighted by Crippen LogP contribution is 2.44. The largest absolute Gasteiger partial charge is 0.444 e. The van der Waals surface area contributed by atoms with Crippen molar-refractivity contribution in [3.63, 3.8) is 0 Å². The van der Waals surface area contributed by atoms with Gasteiger partial charge in [-0.2, -0.15) is 0 Å². The van der Waals surface area contributed by atoms with Gasteiger partial charge in [-0.3, -0.25) is 14.9 Å². The van der Waals surface area contributed by atoms with Gasteiger partial charge in [-0.25, -0.2) is 13.6 Å². The third kappa shape index (κ3) is 4.28. The molecule has 1 atom stereocenters. The molecule has 0 aromatic heterocycles. The van der Waals surface area contributed by atoms with Crippen molar-refractivity contribution >= 4 is 29.3 Å². The maximum absolute atomic E-state index is 14.7. The SMILES string of the molecule is CC(C)(C)OC(=O)N1CC2(C1)CN(c1c(F)cc(NC3CCC(=O)NC3=O)cc1F)C2. The molecule has 0 bridgehead atoms. The van der Waals surface area contributed by atoms with E-state index in [1.54, 1.807) is 30.6 Å². The first-order chi connectivity index (χ1) is 14.4. The highest BCUT2D eigenvalue weighted by molar-refractivity contribution is 6.01. The van der Waals surface area contributed by atoms with E-state index in [1.165, 1.54) is 0 Å². The number of hydrogen-bond donors (Lipinski definition) is 2. The number of nitrogens with one attached hydrogen (secondary N) is 2. The zero-order valence-corrected chi connectivity index (χ0v) is 17.8. The van der Waals surface area contributed by atoms with Crippen molar-refractivity contribution in [3.05, 3.63) is 23.8 Å². The lowest BCUT2D eigenvalue weighted by molar-refractivity contribution is -0.133. The number of carbonyl (C=O) groups excluding carboxylic acids is 3. The molecule has 3 amide bonds. The Morgan fingerprint density at radius 2 is 1.77 bits per heavy atom. The van der Waals surface area contributed by atoms with E-state index in [0.717, 1.165) is 12.1 Å². The smallest absolute Gasteiger partial charge is 0.410 e. The van der Waals surface area contributed by atoms with Crippen molar-refractivity contribution in [2.45, 2.75) is 45.3 Å². The number of piperidine rings is 1. The van der Waals surface area contributed by atoms with E-state index < -0.39 is 29.2 Å². The van der Waals surface area contributed by atoms with Gasteiger partial charge >= 0.3 is 6.09 Å². The van der Waals surface area contributed by atoms with Crippen LogP contribution in [0.25, 0.3) is 0 Å². The average Bonchev–Trinajstić information content (AvgIpc) is 2.55. The first kappa shape index (κ1) is 21.3. The minimum atomic E-state index is -0.729. The number of hydrogen-bond acceptors (Lipinski definition) is 6. The zero-order chi connectivity index (χ0) is 22.6.